The topological polar surface area (TPSA) is 78.8 Å². The Morgan fingerprint density at radius 2 is 1.79 bits per heavy atom. The van der Waals surface area contributed by atoms with Gasteiger partial charge >= 0.3 is 5.97 Å². The van der Waals surface area contributed by atoms with Crippen LogP contribution in [0.25, 0.3) is 17.2 Å². The molecule has 2 aromatic carbocycles. The number of anilines is 1. The number of hydrogen-bond donors (Lipinski definition) is 3. The van der Waals surface area contributed by atoms with Gasteiger partial charge in [0.1, 0.15) is 12.5 Å². The van der Waals surface area contributed by atoms with Crippen LogP contribution in [0.5, 0.6) is 5.75 Å². The zero-order valence-corrected chi connectivity index (χ0v) is 19.2. The summed E-state index contributed by atoms with van der Waals surface area (Å²) < 4.78 is 5.51. The number of hydrogen-bond acceptors (Lipinski definition) is 4. The molecule has 0 aliphatic heterocycles. The van der Waals surface area contributed by atoms with Crippen LogP contribution >= 0.6 is 0 Å². The van der Waals surface area contributed by atoms with Gasteiger partial charge < -0.3 is 20.3 Å². The van der Waals surface area contributed by atoms with E-state index in [1.807, 2.05) is 37.3 Å². The number of ether oxygens (including phenoxy) is 1. The van der Waals surface area contributed by atoms with Crippen molar-refractivity contribution in [1.82, 2.24) is 0 Å². The van der Waals surface area contributed by atoms with Crippen LogP contribution in [0.3, 0.4) is 0 Å². The normalized spacial score (nSPS) is 27.8. The van der Waals surface area contributed by atoms with Gasteiger partial charge in [-0.3, -0.25) is 0 Å². The lowest BCUT2D eigenvalue weighted by Crippen LogP contribution is -2.48. The molecule has 0 saturated heterocycles. The van der Waals surface area contributed by atoms with Crippen molar-refractivity contribution in [3.05, 3.63) is 53.6 Å². The Morgan fingerprint density at radius 1 is 1.09 bits per heavy atom. The molecule has 3 N–H and O–H groups in total. The number of aromatic hydroxyl groups is 1. The first kappa shape index (κ1) is 22.0. The monoisotopic (exact) mass is 447 g/mol. The third-order valence-electron chi connectivity index (χ3n) is 7.95. The number of phenols is 1. The van der Waals surface area contributed by atoms with E-state index in [9.17, 15) is 9.90 Å². The van der Waals surface area contributed by atoms with Crippen molar-refractivity contribution in [3.63, 3.8) is 0 Å². The highest BCUT2D eigenvalue weighted by molar-refractivity contribution is 5.87. The van der Waals surface area contributed by atoms with E-state index in [1.54, 1.807) is 6.08 Å². The fourth-order valence-electron chi connectivity index (χ4n) is 7.03. The van der Waals surface area contributed by atoms with Gasteiger partial charge in [0.05, 0.1) is 0 Å². The molecule has 4 saturated carbocycles. The van der Waals surface area contributed by atoms with Crippen molar-refractivity contribution in [1.29, 1.82) is 0 Å². The minimum absolute atomic E-state index is 0.109. The lowest BCUT2D eigenvalue weighted by Gasteiger charge is -2.57. The zero-order chi connectivity index (χ0) is 23.0. The van der Waals surface area contributed by atoms with E-state index in [0.717, 1.165) is 51.8 Å². The summed E-state index contributed by atoms with van der Waals surface area (Å²) in [6, 6.07) is 11.9. The lowest BCUT2D eigenvalue weighted by atomic mass is 9.48. The molecule has 4 aliphatic rings. The van der Waals surface area contributed by atoms with Gasteiger partial charge in [-0.2, -0.15) is 0 Å². The molecular weight excluding hydrogens is 414 g/mol. The summed E-state index contributed by atoms with van der Waals surface area (Å²) in [6.45, 7) is 2.93. The average molecular weight is 448 g/mol. The second-order valence-electron chi connectivity index (χ2n) is 10.2. The molecule has 2 aromatic rings. The molecule has 33 heavy (non-hydrogen) atoms. The van der Waals surface area contributed by atoms with E-state index >= 15 is 0 Å². The number of aliphatic carboxylic acids is 1. The smallest absolute Gasteiger partial charge is 0.328 e. The third-order valence-corrected chi connectivity index (χ3v) is 7.95. The van der Waals surface area contributed by atoms with Crippen LogP contribution in [0.2, 0.25) is 0 Å². The standard InChI is InChI=1S/C28H33NO4/c1-2-33-17-29-25-12-18(4-8-27(31)32)3-6-23(25)22-5-7-26(30)24(13-22)28-14-19-9-20(15-28)11-21(10-19)16-28/h3-8,12-13,19-21,29-30H,2,9-11,14-17H2,1H3,(H,31,32)/b8-4+. The Kier molecular flexibility index (Phi) is 5.92. The molecule has 5 heteroatoms. The van der Waals surface area contributed by atoms with E-state index in [0.29, 0.717) is 19.1 Å². The maximum Gasteiger partial charge on any atom is 0.328 e. The van der Waals surface area contributed by atoms with Crippen molar-refractivity contribution >= 4 is 17.7 Å². The van der Waals surface area contributed by atoms with E-state index in [1.165, 1.54) is 38.5 Å². The summed E-state index contributed by atoms with van der Waals surface area (Å²) in [5.41, 5.74) is 5.00. The van der Waals surface area contributed by atoms with Crippen LogP contribution in [0.1, 0.15) is 56.6 Å². The molecule has 4 aliphatic carbocycles. The number of benzene rings is 2. The number of nitrogens with one attached hydrogen (secondary N) is 1. The fourth-order valence-corrected chi connectivity index (χ4v) is 7.03. The highest BCUT2D eigenvalue weighted by Gasteiger charge is 2.52. The molecule has 4 bridgehead atoms. The minimum atomic E-state index is -0.971. The predicted molar refractivity (Wildman–Crippen MR) is 130 cm³/mol. The van der Waals surface area contributed by atoms with E-state index in [-0.39, 0.29) is 5.41 Å². The first-order chi connectivity index (χ1) is 16.0. The Hall–Kier alpha value is -2.79. The molecule has 5 nitrogen and oxygen atoms in total. The first-order valence-electron chi connectivity index (χ1n) is 12.2. The highest BCUT2D eigenvalue weighted by atomic mass is 16.5. The van der Waals surface area contributed by atoms with Crippen LogP contribution in [0, 0.1) is 17.8 Å². The summed E-state index contributed by atoms with van der Waals surface area (Å²) >= 11 is 0. The molecule has 0 atom stereocenters. The summed E-state index contributed by atoms with van der Waals surface area (Å²) in [4.78, 5) is 10.9. The number of rotatable bonds is 8. The Balaban J connectivity index is 1.52. The van der Waals surface area contributed by atoms with Gasteiger partial charge in [-0.05, 0) is 104 Å². The molecule has 0 unspecified atom stereocenters. The van der Waals surface area contributed by atoms with E-state index in [2.05, 4.69) is 11.4 Å². The molecule has 6 rings (SSSR count). The summed E-state index contributed by atoms with van der Waals surface area (Å²) in [7, 11) is 0. The fraction of sp³-hybridized carbons (Fsp3) is 0.464. The maximum absolute atomic E-state index is 11.0. The van der Waals surface area contributed by atoms with Crippen molar-refractivity contribution in [2.45, 2.75) is 50.9 Å². The molecule has 4 fully saturated rings. The van der Waals surface area contributed by atoms with E-state index in [4.69, 9.17) is 9.84 Å². The Morgan fingerprint density at radius 3 is 2.42 bits per heavy atom. The van der Waals surface area contributed by atoms with Crippen molar-refractivity contribution in [2.24, 2.45) is 17.8 Å². The molecule has 0 spiro atoms. The second kappa shape index (κ2) is 8.86. The maximum atomic E-state index is 11.0. The van der Waals surface area contributed by atoms with E-state index < -0.39 is 5.97 Å². The van der Waals surface area contributed by atoms with Crippen LogP contribution in [-0.2, 0) is 14.9 Å². The summed E-state index contributed by atoms with van der Waals surface area (Å²) in [5.74, 6) is 1.88. The van der Waals surface area contributed by atoms with Gasteiger partial charge in [0, 0.05) is 29.5 Å². The van der Waals surface area contributed by atoms with Crippen LogP contribution in [0.4, 0.5) is 5.69 Å². The number of phenolic OH excluding ortho intramolecular Hbond substituents is 1. The predicted octanol–water partition coefficient (Wildman–Crippen LogP) is 6.03. The number of carboxylic acid groups (broad SMARTS) is 1. The van der Waals surface area contributed by atoms with Gasteiger partial charge in [-0.1, -0.05) is 18.2 Å². The first-order valence-corrected chi connectivity index (χ1v) is 12.2. The Bertz CT molecular complexity index is 1040. The summed E-state index contributed by atoms with van der Waals surface area (Å²) in [6.07, 6.45) is 10.4. The number of carbonyl (C=O) groups is 1. The number of carboxylic acids is 1. The van der Waals surface area contributed by atoms with Crippen molar-refractivity contribution in [2.75, 3.05) is 18.7 Å². The minimum Gasteiger partial charge on any atom is -0.508 e. The van der Waals surface area contributed by atoms with Crippen molar-refractivity contribution < 1.29 is 19.7 Å². The zero-order valence-electron chi connectivity index (χ0n) is 19.2. The second-order valence-corrected chi connectivity index (χ2v) is 10.2. The molecule has 0 radical (unpaired) electrons. The van der Waals surface area contributed by atoms with Gasteiger partial charge in [0.2, 0.25) is 0 Å². The lowest BCUT2D eigenvalue weighted by molar-refractivity contribution is -0.131. The molecule has 0 heterocycles. The SMILES string of the molecule is CCOCNc1cc(/C=C/C(=O)O)ccc1-c1ccc(O)c(C23CC4CC(CC(C4)C2)C3)c1. The van der Waals surface area contributed by atoms with Crippen LogP contribution in [-0.4, -0.2) is 29.5 Å². The van der Waals surface area contributed by atoms with Crippen LogP contribution < -0.4 is 5.32 Å². The molecule has 174 valence electrons. The van der Waals surface area contributed by atoms with Gasteiger partial charge in [-0.25, -0.2) is 4.79 Å². The highest BCUT2D eigenvalue weighted by Crippen LogP contribution is 2.62. The van der Waals surface area contributed by atoms with Gasteiger partial charge in [0.15, 0.2) is 0 Å². The van der Waals surface area contributed by atoms with Crippen LogP contribution in [0.15, 0.2) is 42.5 Å². The summed E-state index contributed by atoms with van der Waals surface area (Å²) in [5, 5.41) is 23.3. The van der Waals surface area contributed by atoms with Gasteiger partial charge in [0.25, 0.3) is 0 Å². The molecule has 0 aromatic heterocycles. The van der Waals surface area contributed by atoms with Crippen molar-refractivity contribution in [3.8, 4) is 16.9 Å². The average Bonchev–Trinajstić information content (AvgIpc) is 2.77. The Labute approximate surface area is 195 Å². The largest absolute Gasteiger partial charge is 0.508 e. The molecular formula is C28H33NO4. The van der Waals surface area contributed by atoms with Gasteiger partial charge in [-0.15, -0.1) is 0 Å². The molecule has 0 amide bonds. The third kappa shape index (κ3) is 4.39. The quantitative estimate of drug-likeness (QED) is 0.262.